The zero-order valence-corrected chi connectivity index (χ0v) is 9.67. The number of phenols is 1. The van der Waals surface area contributed by atoms with Gasteiger partial charge in [0.15, 0.2) is 0 Å². The van der Waals surface area contributed by atoms with Gasteiger partial charge in [-0.25, -0.2) is 0 Å². The fraction of sp³-hybridized carbons (Fsp3) is 0. The maximum atomic E-state index is 9.46. The molecule has 0 heterocycles. The lowest BCUT2D eigenvalue weighted by Gasteiger charge is -2.04. The van der Waals surface area contributed by atoms with Crippen molar-refractivity contribution < 1.29 is 5.11 Å². The molecule has 0 aliphatic heterocycles. The first kappa shape index (κ1) is 10.5. The molecule has 0 radical (unpaired) electrons. The van der Waals surface area contributed by atoms with E-state index in [1.165, 1.54) is 0 Å². The van der Waals surface area contributed by atoms with Crippen LogP contribution in [-0.4, -0.2) is 5.11 Å². The average Bonchev–Trinajstić information content (AvgIpc) is 2.16. The second kappa shape index (κ2) is 4.21. The van der Waals surface area contributed by atoms with E-state index >= 15 is 0 Å². The van der Waals surface area contributed by atoms with Gasteiger partial charge in [-0.3, -0.25) is 0 Å². The van der Waals surface area contributed by atoms with Crippen LogP contribution in [-0.2, 0) is 0 Å². The van der Waals surface area contributed by atoms with Crippen molar-refractivity contribution in [2.24, 2.45) is 0 Å². The molecule has 1 nitrogen and oxygen atoms in total. The third-order valence-electron chi connectivity index (χ3n) is 2.08. The van der Waals surface area contributed by atoms with Crippen LogP contribution in [0.3, 0.4) is 0 Å². The Morgan fingerprint density at radius 2 is 1.53 bits per heavy atom. The fourth-order valence-electron chi connectivity index (χ4n) is 1.45. The van der Waals surface area contributed by atoms with E-state index in [9.17, 15) is 5.11 Å². The van der Waals surface area contributed by atoms with Gasteiger partial charge in [-0.2, -0.15) is 0 Å². The molecule has 3 heteroatoms. The molecule has 76 valence electrons. The van der Waals surface area contributed by atoms with Crippen molar-refractivity contribution in [2.75, 3.05) is 0 Å². The number of aromatic hydroxyl groups is 1. The van der Waals surface area contributed by atoms with E-state index in [0.29, 0.717) is 0 Å². The van der Waals surface area contributed by atoms with Crippen molar-refractivity contribution in [3.63, 3.8) is 0 Å². The number of hydrogen-bond acceptors (Lipinski definition) is 3. The van der Waals surface area contributed by atoms with Gasteiger partial charge in [-0.05, 0) is 41.5 Å². The minimum absolute atomic E-state index is 0.224. The topological polar surface area (TPSA) is 20.2 Å². The quantitative estimate of drug-likeness (QED) is 0.644. The largest absolute Gasteiger partial charge is 0.508 e. The Labute approximate surface area is 99.6 Å². The van der Waals surface area contributed by atoms with Crippen LogP contribution in [0.2, 0.25) is 0 Å². The Hall–Kier alpha value is -1.06. The molecule has 0 atom stereocenters. The molecule has 2 aromatic carbocycles. The summed E-state index contributed by atoms with van der Waals surface area (Å²) in [6, 6.07) is 13.0. The molecule has 0 spiro atoms. The highest BCUT2D eigenvalue weighted by Crippen LogP contribution is 2.28. The summed E-state index contributed by atoms with van der Waals surface area (Å²) in [5.74, 6) is 0.224. The first-order chi connectivity index (χ1) is 7.15. The summed E-state index contributed by atoms with van der Waals surface area (Å²) in [5.41, 5.74) is 1.96. The third kappa shape index (κ3) is 2.49. The third-order valence-corrected chi connectivity index (χ3v) is 2.62. The van der Waals surface area contributed by atoms with E-state index in [-0.39, 0.29) is 5.75 Å². The summed E-state index contributed by atoms with van der Waals surface area (Å²) < 4.78 is 0. The van der Waals surface area contributed by atoms with Crippen molar-refractivity contribution in [2.45, 2.75) is 9.79 Å². The molecule has 0 fully saturated rings. The fourth-order valence-corrected chi connectivity index (χ4v) is 1.94. The predicted molar refractivity (Wildman–Crippen MR) is 68.0 cm³/mol. The van der Waals surface area contributed by atoms with Crippen LogP contribution in [0, 0.1) is 0 Å². The van der Waals surface area contributed by atoms with Crippen LogP contribution in [0.5, 0.6) is 5.75 Å². The molecule has 0 saturated carbocycles. The van der Waals surface area contributed by atoms with E-state index < -0.39 is 0 Å². The van der Waals surface area contributed by atoms with Gasteiger partial charge in [0.1, 0.15) is 5.75 Å². The van der Waals surface area contributed by atoms with E-state index in [0.717, 1.165) is 20.9 Å². The SMILES string of the molecule is Oc1cc(S)cc(-c2cccc(S)c2)c1. The second-order valence-corrected chi connectivity index (χ2v) is 4.32. The number of thiol groups is 2. The lowest BCUT2D eigenvalue weighted by atomic mass is 10.1. The second-order valence-electron chi connectivity index (χ2n) is 3.29. The number of benzene rings is 2. The van der Waals surface area contributed by atoms with Crippen LogP contribution in [0.4, 0.5) is 0 Å². The summed E-state index contributed by atoms with van der Waals surface area (Å²) in [6.07, 6.45) is 0. The Morgan fingerprint density at radius 1 is 0.800 bits per heavy atom. The van der Waals surface area contributed by atoms with Crippen molar-refractivity contribution >= 4 is 25.3 Å². The molecule has 0 aromatic heterocycles. The minimum Gasteiger partial charge on any atom is -0.508 e. The molecule has 2 rings (SSSR count). The number of hydrogen-bond donors (Lipinski definition) is 3. The molecule has 0 aliphatic carbocycles. The van der Waals surface area contributed by atoms with Crippen molar-refractivity contribution in [1.29, 1.82) is 0 Å². The van der Waals surface area contributed by atoms with Gasteiger partial charge in [-0.15, -0.1) is 25.3 Å². The summed E-state index contributed by atoms with van der Waals surface area (Å²) in [6.45, 7) is 0. The van der Waals surface area contributed by atoms with Gasteiger partial charge in [0.2, 0.25) is 0 Å². The van der Waals surface area contributed by atoms with Gasteiger partial charge in [0.05, 0.1) is 0 Å². The van der Waals surface area contributed by atoms with Gasteiger partial charge in [-0.1, -0.05) is 12.1 Å². The molecular formula is C12H10OS2. The molecule has 2 aromatic rings. The molecule has 0 bridgehead atoms. The molecule has 0 aliphatic rings. The van der Waals surface area contributed by atoms with Gasteiger partial charge in [0, 0.05) is 9.79 Å². The maximum absolute atomic E-state index is 9.46. The maximum Gasteiger partial charge on any atom is 0.117 e. The lowest BCUT2D eigenvalue weighted by molar-refractivity contribution is 0.474. The minimum atomic E-state index is 0.224. The smallest absolute Gasteiger partial charge is 0.117 e. The van der Waals surface area contributed by atoms with Gasteiger partial charge < -0.3 is 5.11 Å². The lowest BCUT2D eigenvalue weighted by Crippen LogP contribution is -1.78. The molecule has 0 amide bonds. The molecule has 0 unspecified atom stereocenters. The van der Waals surface area contributed by atoms with Crippen molar-refractivity contribution in [3.8, 4) is 16.9 Å². The molecule has 1 N–H and O–H groups in total. The Morgan fingerprint density at radius 3 is 2.20 bits per heavy atom. The highest BCUT2D eigenvalue weighted by Gasteiger charge is 2.01. The average molecular weight is 234 g/mol. The van der Waals surface area contributed by atoms with Crippen LogP contribution in [0.1, 0.15) is 0 Å². The zero-order valence-electron chi connectivity index (χ0n) is 7.88. The highest BCUT2D eigenvalue weighted by molar-refractivity contribution is 7.80. The van der Waals surface area contributed by atoms with E-state index in [2.05, 4.69) is 25.3 Å². The van der Waals surface area contributed by atoms with Crippen LogP contribution < -0.4 is 0 Å². The van der Waals surface area contributed by atoms with Gasteiger partial charge >= 0.3 is 0 Å². The number of rotatable bonds is 1. The van der Waals surface area contributed by atoms with Crippen LogP contribution in [0.25, 0.3) is 11.1 Å². The highest BCUT2D eigenvalue weighted by atomic mass is 32.1. The summed E-state index contributed by atoms with van der Waals surface area (Å²) in [7, 11) is 0. The zero-order chi connectivity index (χ0) is 10.8. The molecule has 15 heavy (non-hydrogen) atoms. The number of phenolic OH excluding ortho intramolecular Hbond substituents is 1. The predicted octanol–water partition coefficient (Wildman–Crippen LogP) is 3.64. The Balaban J connectivity index is 2.54. The van der Waals surface area contributed by atoms with Crippen LogP contribution >= 0.6 is 25.3 Å². The molecule has 0 saturated heterocycles. The normalized spacial score (nSPS) is 10.3. The first-order valence-electron chi connectivity index (χ1n) is 4.47. The summed E-state index contributed by atoms with van der Waals surface area (Å²) >= 11 is 8.50. The standard InChI is InChI=1S/C12H10OS2/c13-10-4-9(6-12(15)7-10)8-2-1-3-11(14)5-8/h1-7,13-15H. The van der Waals surface area contributed by atoms with E-state index in [4.69, 9.17) is 0 Å². The summed E-state index contributed by atoms with van der Waals surface area (Å²) in [5, 5.41) is 9.46. The monoisotopic (exact) mass is 234 g/mol. The first-order valence-corrected chi connectivity index (χ1v) is 5.37. The van der Waals surface area contributed by atoms with E-state index in [1.807, 2.05) is 30.3 Å². The van der Waals surface area contributed by atoms with Gasteiger partial charge in [0.25, 0.3) is 0 Å². The van der Waals surface area contributed by atoms with Crippen LogP contribution in [0.15, 0.2) is 52.3 Å². The Kier molecular flexibility index (Phi) is 2.93. The summed E-state index contributed by atoms with van der Waals surface area (Å²) in [4.78, 5) is 1.64. The molecular weight excluding hydrogens is 224 g/mol. The van der Waals surface area contributed by atoms with E-state index in [1.54, 1.807) is 12.1 Å². The Bertz CT molecular complexity index is 474. The van der Waals surface area contributed by atoms with Crippen molar-refractivity contribution in [1.82, 2.24) is 0 Å². The van der Waals surface area contributed by atoms with Crippen molar-refractivity contribution in [3.05, 3.63) is 42.5 Å².